The third kappa shape index (κ3) is 3.01. The van der Waals surface area contributed by atoms with Gasteiger partial charge < -0.3 is 9.40 Å². The van der Waals surface area contributed by atoms with Gasteiger partial charge in [-0.05, 0) is 48.5 Å². The Morgan fingerprint density at radius 3 is 1.98 bits per heavy atom. The zero-order chi connectivity index (χ0) is 29.2. The molecule has 0 fully saturated rings. The number of H-pyrrole nitrogens is 1. The van der Waals surface area contributed by atoms with Crippen molar-refractivity contribution in [3.05, 3.63) is 127 Å². The fourth-order valence-electron chi connectivity index (χ4n) is 7.48. The van der Waals surface area contributed by atoms with Crippen molar-refractivity contribution in [3.63, 3.8) is 0 Å². The van der Waals surface area contributed by atoms with Gasteiger partial charge in [0.15, 0.2) is 5.58 Å². The van der Waals surface area contributed by atoms with Crippen LogP contribution in [0.15, 0.2) is 132 Å². The van der Waals surface area contributed by atoms with Crippen LogP contribution in [0.5, 0.6) is 0 Å². The number of fused-ring (bicyclic) bond motifs is 17. The van der Waals surface area contributed by atoms with Gasteiger partial charge in [-0.25, -0.2) is 9.97 Å². The summed E-state index contributed by atoms with van der Waals surface area (Å²) in [5.41, 5.74) is 9.48. The number of pyridine rings is 2. The Morgan fingerprint density at radius 2 is 1.13 bits per heavy atom. The molecule has 8 bridgehead atoms. The van der Waals surface area contributed by atoms with Crippen LogP contribution >= 0.6 is 0 Å². The van der Waals surface area contributed by atoms with Crippen molar-refractivity contribution in [2.75, 3.05) is 0 Å². The van der Waals surface area contributed by atoms with Crippen LogP contribution in [0, 0.1) is 0 Å². The Bertz CT molecular complexity index is 3110. The molecule has 0 unspecified atom stereocenters. The second kappa shape index (κ2) is 8.24. The van der Waals surface area contributed by atoms with Crippen molar-refractivity contribution in [3.8, 4) is 0 Å². The lowest BCUT2D eigenvalue weighted by molar-refractivity contribution is 0.671. The maximum absolute atomic E-state index is 6.66. The normalized spacial score (nSPS) is 12.4. The lowest BCUT2D eigenvalue weighted by Crippen LogP contribution is -1.89. The Balaban J connectivity index is 1.53. The Kier molecular flexibility index (Phi) is 4.26. The minimum absolute atomic E-state index is 0.829. The van der Waals surface area contributed by atoms with Crippen LogP contribution in [-0.4, -0.2) is 19.4 Å². The van der Waals surface area contributed by atoms with E-state index in [4.69, 9.17) is 14.4 Å². The molecular weight excluding hydrogens is 552 g/mol. The summed E-state index contributed by atoms with van der Waals surface area (Å²) in [6, 6.07) is 44.8. The minimum atomic E-state index is 0.829. The maximum Gasteiger partial charge on any atom is 0.159 e. The third-order valence-corrected chi connectivity index (χ3v) is 9.49. The molecule has 11 rings (SSSR count). The third-order valence-electron chi connectivity index (χ3n) is 9.49. The van der Waals surface area contributed by atoms with Crippen LogP contribution in [0.4, 0.5) is 0 Å². The van der Waals surface area contributed by atoms with Crippen LogP contribution < -0.4 is 0 Å². The van der Waals surface area contributed by atoms with E-state index in [1.54, 1.807) is 0 Å². The molecule has 0 saturated heterocycles. The van der Waals surface area contributed by atoms with Crippen LogP contribution in [0.25, 0.3) is 104 Å². The summed E-state index contributed by atoms with van der Waals surface area (Å²) in [6.45, 7) is 0. The smallest absolute Gasteiger partial charge is 0.159 e. The van der Waals surface area contributed by atoms with Crippen molar-refractivity contribution in [2.24, 2.45) is 0 Å². The highest BCUT2D eigenvalue weighted by Gasteiger charge is 2.17. The molecule has 0 aliphatic heterocycles. The summed E-state index contributed by atoms with van der Waals surface area (Å²) < 4.78 is 8.93. The van der Waals surface area contributed by atoms with Gasteiger partial charge in [0, 0.05) is 48.5 Å². The number of para-hydroxylation sites is 4. The van der Waals surface area contributed by atoms with Gasteiger partial charge >= 0.3 is 0 Å². The number of nitrogens with zero attached hydrogens (tertiary/aromatic N) is 3. The molecule has 11 aromatic rings. The van der Waals surface area contributed by atoms with Gasteiger partial charge in [-0.3, -0.25) is 4.40 Å². The predicted octanol–water partition coefficient (Wildman–Crippen LogP) is 10.6. The van der Waals surface area contributed by atoms with Crippen molar-refractivity contribution in [2.45, 2.75) is 0 Å². The van der Waals surface area contributed by atoms with E-state index in [9.17, 15) is 0 Å². The number of benzene rings is 5. The fraction of sp³-hybridized carbons (Fsp3) is 0. The molecule has 0 radical (unpaired) electrons. The molecule has 0 aliphatic carbocycles. The number of furan rings is 1. The molecule has 0 atom stereocenters. The SMILES string of the molecule is c1cc2nc(c1)c1cccc3c4cccc(c5ccc6c7ccccc7n(c7cc2cc2c8ccccc8oc27)c6n5)c4[nH]c13. The number of hydrogen-bond donors (Lipinski definition) is 1. The summed E-state index contributed by atoms with van der Waals surface area (Å²) in [5.74, 6) is 0. The summed E-state index contributed by atoms with van der Waals surface area (Å²) in [4.78, 5) is 14.5. The van der Waals surface area contributed by atoms with Gasteiger partial charge in [0.05, 0.1) is 38.6 Å². The molecule has 5 aromatic carbocycles. The largest absolute Gasteiger partial charge is 0.454 e. The Labute approximate surface area is 254 Å². The number of rotatable bonds is 0. The average Bonchev–Trinajstić information content (AvgIpc) is 3.77. The van der Waals surface area contributed by atoms with Crippen LogP contribution in [-0.2, 0) is 0 Å². The monoisotopic (exact) mass is 574 g/mol. The van der Waals surface area contributed by atoms with E-state index in [1.807, 2.05) is 12.1 Å². The van der Waals surface area contributed by atoms with E-state index in [0.29, 0.717) is 0 Å². The van der Waals surface area contributed by atoms with E-state index in [2.05, 4.69) is 125 Å². The van der Waals surface area contributed by atoms with Crippen molar-refractivity contribution >= 4 is 104 Å². The summed E-state index contributed by atoms with van der Waals surface area (Å²) in [6.07, 6.45) is 0. The zero-order valence-corrected chi connectivity index (χ0v) is 23.9. The fourth-order valence-corrected chi connectivity index (χ4v) is 7.48. The van der Waals surface area contributed by atoms with Crippen molar-refractivity contribution in [1.82, 2.24) is 19.4 Å². The van der Waals surface area contributed by atoms with Gasteiger partial charge in [-0.1, -0.05) is 78.9 Å². The van der Waals surface area contributed by atoms with Crippen LogP contribution in [0.2, 0.25) is 0 Å². The first kappa shape index (κ1) is 23.3. The lowest BCUT2D eigenvalue weighted by Gasteiger charge is -2.04. The molecule has 6 heterocycles. The van der Waals surface area contributed by atoms with E-state index < -0.39 is 0 Å². The molecule has 5 heteroatoms. The van der Waals surface area contributed by atoms with E-state index in [1.165, 1.54) is 10.8 Å². The quantitative estimate of drug-likeness (QED) is 0.196. The highest BCUT2D eigenvalue weighted by molar-refractivity contribution is 6.21. The number of aromatic amines is 1. The predicted molar refractivity (Wildman–Crippen MR) is 186 cm³/mol. The minimum Gasteiger partial charge on any atom is -0.454 e. The highest BCUT2D eigenvalue weighted by Crippen LogP contribution is 2.38. The molecular formula is C40H22N4O. The molecule has 208 valence electrons. The first-order valence-corrected chi connectivity index (χ1v) is 15.2. The molecule has 0 saturated carbocycles. The van der Waals surface area contributed by atoms with E-state index in [-0.39, 0.29) is 0 Å². The maximum atomic E-state index is 6.66. The first-order valence-electron chi connectivity index (χ1n) is 15.2. The number of hydrogen-bond acceptors (Lipinski definition) is 3. The molecule has 0 spiro atoms. The zero-order valence-electron chi connectivity index (χ0n) is 23.9. The first-order chi connectivity index (χ1) is 22.3. The second-order valence-corrected chi connectivity index (χ2v) is 11.9. The van der Waals surface area contributed by atoms with Gasteiger partial charge in [-0.15, -0.1) is 0 Å². The van der Waals surface area contributed by atoms with Crippen molar-refractivity contribution in [1.29, 1.82) is 0 Å². The molecule has 5 nitrogen and oxygen atoms in total. The van der Waals surface area contributed by atoms with Gasteiger partial charge in [0.2, 0.25) is 0 Å². The number of aromatic nitrogens is 4. The van der Waals surface area contributed by atoms with Gasteiger partial charge in [0.1, 0.15) is 11.2 Å². The second-order valence-electron chi connectivity index (χ2n) is 11.9. The molecule has 0 amide bonds. The van der Waals surface area contributed by atoms with Crippen molar-refractivity contribution < 1.29 is 4.42 Å². The van der Waals surface area contributed by atoms with E-state index >= 15 is 0 Å². The van der Waals surface area contributed by atoms with E-state index in [0.717, 1.165) is 93.1 Å². The van der Waals surface area contributed by atoms with Crippen LogP contribution in [0.3, 0.4) is 0 Å². The highest BCUT2D eigenvalue weighted by atomic mass is 16.3. The topological polar surface area (TPSA) is 59.1 Å². The molecule has 1 N–H and O–H groups in total. The molecule has 0 aliphatic rings. The molecule has 6 aromatic heterocycles. The van der Waals surface area contributed by atoms with Gasteiger partial charge in [-0.2, -0.15) is 0 Å². The standard InChI is InChI=1S/C40H22N4O/c1-3-16-34-23(8-1)27-18-19-33-29-13-6-11-26-25-10-5-12-28(37(25)43-38(26)29)32-15-7-14-31(41-32)22-20-30-24-9-2-4-17-36(24)45-39(30)35(21-22)44(34)40(27)42-33/h1-21,43H. The number of nitrogens with one attached hydrogen (secondary N) is 1. The van der Waals surface area contributed by atoms with Gasteiger partial charge in [0.25, 0.3) is 0 Å². The molecule has 45 heavy (non-hydrogen) atoms. The summed E-state index contributed by atoms with van der Waals surface area (Å²) in [7, 11) is 0. The summed E-state index contributed by atoms with van der Waals surface area (Å²) >= 11 is 0. The Hall–Kier alpha value is -6.20. The average molecular weight is 575 g/mol. The van der Waals surface area contributed by atoms with Crippen LogP contribution in [0.1, 0.15) is 0 Å². The Morgan fingerprint density at radius 1 is 0.467 bits per heavy atom. The lowest BCUT2D eigenvalue weighted by atomic mass is 10.1. The summed E-state index contributed by atoms with van der Waals surface area (Å²) in [5, 5.41) is 9.88.